The predicted molar refractivity (Wildman–Crippen MR) is 93.2 cm³/mol. The zero-order valence-corrected chi connectivity index (χ0v) is 15.4. The van der Waals surface area contributed by atoms with Crippen molar-refractivity contribution in [3.05, 3.63) is 29.8 Å². The Kier molecular flexibility index (Phi) is 5.15. The molecule has 138 valence electrons. The van der Waals surface area contributed by atoms with Gasteiger partial charge in [-0.1, -0.05) is 12.1 Å². The quantitative estimate of drug-likeness (QED) is 0.692. The monoisotopic (exact) mass is 367 g/mol. The minimum absolute atomic E-state index is 0.00428. The number of aliphatic hydroxyl groups is 1. The second-order valence-electron chi connectivity index (χ2n) is 6.88. The first-order valence-electron chi connectivity index (χ1n) is 8.48. The summed E-state index contributed by atoms with van der Waals surface area (Å²) in [4.78, 5) is 16.5. The molecule has 1 heterocycles. The number of carbonyl (C=O) groups excluding carboxylic acids is 1. The van der Waals surface area contributed by atoms with Crippen LogP contribution in [-0.4, -0.2) is 69.6 Å². The molecule has 1 amide bonds. The van der Waals surface area contributed by atoms with Crippen LogP contribution < -0.4 is 4.72 Å². The van der Waals surface area contributed by atoms with Crippen molar-refractivity contribution in [1.82, 2.24) is 14.5 Å². The van der Waals surface area contributed by atoms with Crippen LogP contribution in [0, 0.1) is 17.8 Å². The summed E-state index contributed by atoms with van der Waals surface area (Å²) in [6, 6.07) is 6.92. The molecule has 1 aromatic rings. The Hall–Kier alpha value is -1.48. The average Bonchev–Trinajstić information content (AvgIpc) is 3.10. The van der Waals surface area contributed by atoms with Gasteiger partial charge in [-0.15, -0.1) is 0 Å². The third-order valence-corrected chi connectivity index (χ3v) is 6.71. The van der Waals surface area contributed by atoms with Gasteiger partial charge in [0.15, 0.2) is 0 Å². The van der Waals surface area contributed by atoms with Gasteiger partial charge in [0, 0.05) is 39.1 Å². The van der Waals surface area contributed by atoms with Crippen molar-refractivity contribution < 1.29 is 18.3 Å². The summed E-state index contributed by atoms with van der Waals surface area (Å²) in [6.45, 7) is 2.94. The first kappa shape index (κ1) is 18.3. The Labute approximate surface area is 148 Å². The maximum atomic E-state index is 12.3. The van der Waals surface area contributed by atoms with Gasteiger partial charge in [0.25, 0.3) is 0 Å². The van der Waals surface area contributed by atoms with E-state index in [-0.39, 0.29) is 23.3 Å². The minimum atomic E-state index is -3.40. The van der Waals surface area contributed by atoms with E-state index >= 15 is 0 Å². The third-order valence-electron chi connectivity index (χ3n) is 5.27. The van der Waals surface area contributed by atoms with E-state index in [1.807, 2.05) is 12.1 Å². The van der Waals surface area contributed by atoms with Crippen molar-refractivity contribution >= 4 is 15.9 Å². The topological polar surface area (TPSA) is 90.0 Å². The van der Waals surface area contributed by atoms with Crippen molar-refractivity contribution in [3.63, 3.8) is 0 Å². The molecule has 0 aromatic heterocycles. The van der Waals surface area contributed by atoms with Crippen LogP contribution in [0.4, 0.5) is 0 Å². The fourth-order valence-electron chi connectivity index (χ4n) is 3.77. The lowest BCUT2D eigenvalue weighted by molar-refractivity contribution is -0.132. The number of benzene rings is 1. The molecule has 25 heavy (non-hydrogen) atoms. The molecular formula is C17H25N3O4S. The number of amides is 1. The Morgan fingerprint density at radius 3 is 2.40 bits per heavy atom. The second-order valence-corrected chi connectivity index (χ2v) is 8.77. The van der Waals surface area contributed by atoms with Gasteiger partial charge in [0.1, 0.15) is 0 Å². The first-order chi connectivity index (χ1) is 11.9. The number of fused-ring (bicyclic) bond motifs is 1. The Morgan fingerprint density at radius 1 is 1.28 bits per heavy atom. The molecule has 2 aliphatic rings. The van der Waals surface area contributed by atoms with Crippen molar-refractivity contribution in [1.29, 1.82) is 0 Å². The van der Waals surface area contributed by atoms with Crippen LogP contribution in [0.1, 0.15) is 5.56 Å². The van der Waals surface area contributed by atoms with E-state index in [1.54, 1.807) is 24.1 Å². The van der Waals surface area contributed by atoms with Gasteiger partial charge in [-0.2, -0.15) is 0 Å². The highest BCUT2D eigenvalue weighted by Crippen LogP contribution is 2.52. The van der Waals surface area contributed by atoms with Crippen LogP contribution >= 0.6 is 0 Å². The van der Waals surface area contributed by atoms with Gasteiger partial charge >= 0.3 is 0 Å². The van der Waals surface area contributed by atoms with Crippen molar-refractivity contribution in [2.24, 2.45) is 17.8 Å². The molecule has 3 rings (SSSR count). The highest BCUT2D eigenvalue weighted by atomic mass is 32.2. The molecular weight excluding hydrogens is 342 g/mol. The molecule has 2 fully saturated rings. The number of hydrogen-bond donors (Lipinski definition) is 2. The summed E-state index contributed by atoms with van der Waals surface area (Å²) in [5.41, 5.74) is 1.07. The summed E-state index contributed by atoms with van der Waals surface area (Å²) >= 11 is 0. The number of aliphatic hydroxyl groups excluding tert-OH is 1. The average molecular weight is 367 g/mol. The highest BCUT2D eigenvalue weighted by Gasteiger charge is 2.59. The summed E-state index contributed by atoms with van der Waals surface area (Å²) in [5.74, 6) is 1.08. The van der Waals surface area contributed by atoms with Gasteiger partial charge < -0.3 is 10.0 Å². The standard InChI is InChI=1S/C17H25N3O4S/c1-18-25(23,24)13-5-3-12(4-6-13)9-20-10-14-15(11-20)16(14)17(22)19(2)7-8-21/h3-6,14-16,18,21H,7-11H2,1-2H3/t14-,15+,16?. The van der Waals surface area contributed by atoms with E-state index < -0.39 is 10.0 Å². The minimum Gasteiger partial charge on any atom is -0.395 e. The molecule has 1 saturated heterocycles. The maximum Gasteiger partial charge on any atom is 0.240 e. The molecule has 7 nitrogen and oxygen atoms in total. The van der Waals surface area contributed by atoms with Gasteiger partial charge in [-0.25, -0.2) is 13.1 Å². The number of likely N-dealkylation sites (N-methyl/N-ethyl adjacent to an activating group) is 1. The van der Waals surface area contributed by atoms with Gasteiger partial charge in [0.2, 0.25) is 15.9 Å². The molecule has 0 spiro atoms. The fraction of sp³-hybridized carbons (Fsp3) is 0.588. The highest BCUT2D eigenvalue weighted by molar-refractivity contribution is 7.89. The normalized spacial score (nSPS) is 25.6. The van der Waals surface area contributed by atoms with Crippen LogP contribution in [0.3, 0.4) is 0 Å². The molecule has 8 heteroatoms. The molecule has 2 N–H and O–H groups in total. The van der Waals surface area contributed by atoms with Crippen LogP contribution in [-0.2, 0) is 21.4 Å². The summed E-state index contributed by atoms with van der Waals surface area (Å²) in [5, 5.41) is 8.94. The molecule has 0 bridgehead atoms. The fourth-order valence-corrected chi connectivity index (χ4v) is 4.50. The van der Waals surface area contributed by atoms with E-state index in [0.29, 0.717) is 18.4 Å². The van der Waals surface area contributed by atoms with Crippen molar-refractivity contribution in [2.45, 2.75) is 11.4 Å². The molecule has 1 aliphatic heterocycles. The molecule has 0 radical (unpaired) electrons. The number of nitrogens with one attached hydrogen (secondary N) is 1. The Bertz CT molecular complexity index is 723. The molecule has 3 atom stereocenters. The first-order valence-corrected chi connectivity index (χ1v) is 9.96. The summed E-state index contributed by atoms with van der Waals surface area (Å²) < 4.78 is 25.8. The van der Waals surface area contributed by atoms with E-state index in [1.165, 1.54) is 7.05 Å². The van der Waals surface area contributed by atoms with Crippen LogP contribution in [0.5, 0.6) is 0 Å². The number of carbonyl (C=O) groups is 1. The molecule has 1 aromatic carbocycles. The van der Waals surface area contributed by atoms with Crippen LogP contribution in [0.15, 0.2) is 29.2 Å². The third kappa shape index (κ3) is 3.72. The Balaban J connectivity index is 1.52. The maximum absolute atomic E-state index is 12.3. The number of piperidine rings is 1. The number of hydrogen-bond acceptors (Lipinski definition) is 5. The smallest absolute Gasteiger partial charge is 0.240 e. The van der Waals surface area contributed by atoms with Crippen LogP contribution in [0.2, 0.25) is 0 Å². The van der Waals surface area contributed by atoms with Crippen LogP contribution in [0.25, 0.3) is 0 Å². The lowest BCUT2D eigenvalue weighted by Crippen LogP contribution is -2.34. The van der Waals surface area contributed by atoms with Gasteiger partial charge in [-0.3, -0.25) is 9.69 Å². The zero-order chi connectivity index (χ0) is 18.2. The SMILES string of the molecule is CNS(=O)(=O)c1ccc(CN2C[C@@H]3C(C(=O)N(C)CCO)[C@@H]3C2)cc1. The molecule has 1 aliphatic carbocycles. The summed E-state index contributed by atoms with van der Waals surface area (Å²) in [6.07, 6.45) is 0. The van der Waals surface area contributed by atoms with E-state index in [9.17, 15) is 13.2 Å². The van der Waals surface area contributed by atoms with Crippen molar-refractivity contribution in [3.8, 4) is 0 Å². The van der Waals surface area contributed by atoms with E-state index in [0.717, 1.165) is 25.2 Å². The number of rotatable bonds is 7. The predicted octanol–water partition coefficient (Wildman–Crippen LogP) is -0.277. The van der Waals surface area contributed by atoms with E-state index in [2.05, 4.69) is 9.62 Å². The lowest BCUT2D eigenvalue weighted by atomic mass is 10.2. The molecule has 1 saturated carbocycles. The lowest BCUT2D eigenvalue weighted by Gasteiger charge is -2.22. The Morgan fingerprint density at radius 2 is 1.88 bits per heavy atom. The number of sulfonamides is 1. The number of nitrogens with zero attached hydrogens (tertiary/aromatic N) is 2. The van der Waals surface area contributed by atoms with E-state index in [4.69, 9.17) is 5.11 Å². The second kappa shape index (κ2) is 7.03. The largest absolute Gasteiger partial charge is 0.395 e. The zero-order valence-electron chi connectivity index (χ0n) is 14.6. The number of likely N-dealkylation sites (tertiary alicyclic amines) is 1. The summed E-state index contributed by atoms with van der Waals surface area (Å²) in [7, 11) is -0.258. The van der Waals surface area contributed by atoms with Gasteiger partial charge in [-0.05, 0) is 36.6 Å². The van der Waals surface area contributed by atoms with Gasteiger partial charge in [0.05, 0.1) is 11.5 Å². The van der Waals surface area contributed by atoms with Crippen molar-refractivity contribution in [2.75, 3.05) is 40.3 Å². The molecule has 1 unspecified atom stereocenters.